The summed E-state index contributed by atoms with van der Waals surface area (Å²) in [6.07, 6.45) is 5.56. The lowest BCUT2D eigenvalue weighted by Gasteiger charge is -2.11. The van der Waals surface area contributed by atoms with Crippen LogP contribution >= 0.6 is 23.2 Å². The summed E-state index contributed by atoms with van der Waals surface area (Å²) >= 11 is 12.1. The van der Waals surface area contributed by atoms with Crippen molar-refractivity contribution in [3.05, 3.63) is 50.1 Å². The van der Waals surface area contributed by atoms with E-state index >= 15 is 0 Å². The molecule has 1 fully saturated rings. The topological polar surface area (TPSA) is 77.6 Å². The van der Waals surface area contributed by atoms with Gasteiger partial charge >= 0.3 is 0 Å². The Labute approximate surface area is 140 Å². The molecule has 4 rings (SSSR count). The van der Waals surface area contributed by atoms with Gasteiger partial charge in [-0.2, -0.15) is 0 Å². The van der Waals surface area contributed by atoms with E-state index in [1.807, 2.05) is 12.3 Å². The van der Waals surface area contributed by atoms with Crippen molar-refractivity contribution in [3.8, 4) is 11.5 Å². The molecule has 0 amide bonds. The van der Waals surface area contributed by atoms with Crippen molar-refractivity contribution < 1.29 is 9.66 Å². The molecule has 0 atom stereocenters. The summed E-state index contributed by atoms with van der Waals surface area (Å²) in [6.45, 7) is 0. The second-order valence-electron chi connectivity index (χ2n) is 5.55. The number of hydrogen-bond donors (Lipinski definition) is 0. The van der Waals surface area contributed by atoms with Crippen molar-refractivity contribution in [2.45, 2.75) is 18.3 Å². The monoisotopic (exact) mass is 349 g/mol. The van der Waals surface area contributed by atoms with E-state index in [9.17, 15) is 10.1 Å². The third kappa shape index (κ3) is 2.34. The Morgan fingerprint density at radius 1 is 1.22 bits per heavy atom. The van der Waals surface area contributed by atoms with E-state index in [1.165, 1.54) is 18.3 Å². The third-order valence-corrected chi connectivity index (χ3v) is 4.58. The first-order valence-electron chi connectivity index (χ1n) is 6.86. The smallest absolute Gasteiger partial charge is 0.272 e. The highest BCUT2D eigenvalue weighted by Crippen LogP contribution is 2.53. The van der Waals surface area contributed by atoms with Gasteiger partial charge in [0.1, 0.15) is 5.75 Å². The molecule has 23 heavy (non-hydrogen) atoms. The van der Waals surface area contributed by atoms with Crippen molar-refractivity contribution >= 4 is 40.9 Å². The van der Waals surface area contributed by atoms with Gasteiger partial charge in [-0.05, 0) is 18.9 Å². The van der Waals surface area contributed by atoms with Crippen LogP contribution in [0.5, 0.6) is 11.5 Å². The summed E-state index contributed by atoms with van der Waals surface area (Å²) < 4.78 is 5.72. The molecular weight excluding hydrogens is 341 g/mol. The quantitative estimate of drug-likeness (QED) is 0.586. The molecule has 2 aromatic rings. The minimum absolute atomic E-state index is 0.00473. The Bertz CT molecular complexity index is 855. The van der Waals surface area contributed by atoms with E-state index in [2.05, 4.69) is 9.98 Å². The molecule has 1 aromatic carbocycles. The zero-order valence-electron chi connectivity index (χ0n) is 11.6. The number of nitrogens with zero attached hydrogens (tertiary/aromatic N) is 3. The summed E-state index contributed by atoms with van der Waals surface area (Å²) in [6, 6.07) is 4.28. The minimum atomic E-state index is -0.563. The van der Waals surface area contributed by atoms with Gasteiger partial charge in [0.2, 0.25) is 0 Å². The van der Waals surface area contributed by atoms with E-state index in [0.29, 0.717) is 11.6 Å². The van der Waals surface area contributed by atoms with Gasteiger partial charge in [-0.15, -0.1) is 0 Å². The predicted molar refractivity (Wildman–Crippen MR) is 86.5 cm³/mol. The van der Waals surface area contributed by atoms with Crippen LogP contribution in [-0.4, -0.2) is 16.1 Å². The van der Waals surface area contributed by atoms with Crippen molar-refractivity contribution in [3.63, 3.8) is 0 Å². The molecule has 0 N–H and O–H groups in total. The van der Waals surface area contributed by atoms with Gasteiger partial charge in [0.15, 0.2) is 11.6 Å². The Morgan fingerprint density at radius 3 is 2.52 bits per heavy atom. The highest BCUT2D eigenvalue weighted by molar-refractivity contribution is 6.37. The summed E-state index contributed by atoms with van der Waals surface area (Å²) in [5.41, 5.74) is 0.846. The van der Waals surface area contributed by atoms with Crippen LogP contribution in [0.15, 0.2) is 29.4 Å². The first-order chi connectivity index (χ1) is 11.0. The van der Waals surface area contributed by atoms with Crippen molar-refractivity contribution in [1.82, 2.24) is 4.98 Å². The van der Waals surface area contributed by atoms with Crippen LogP contribution in [0.25, 0.3) is 0 Å². The molecule has 2 aliphatic rings. The SMILES string of the molecule is O=[N+]([O-])c1cc(Cl)c(Oc2cnc3c(c2)C2(C=N3)CC2)c(Cl)c1. The lowest BCUT2D eigenvalue weighted by atomic mass is 10.0. The number of rotatable bonds is 3. The average molecular weight is 350 g/mol. The molecule has 1 aliphatic heterocycles. The van der Waals surface area contributed by atoms with E-state index < -0.39 is 4.92 Å². The maximum atomic E-state index is 10.8. The summed E-state index contributed by atoms with van der Waals surface area (Å²) in [5.74, 6) is 1.35. The number of non-ortho nitro benzene ring substituents is 1. The van der Waals surface area contributed by atoms with Crippen molar-refractivity contribution in [1.29, 1.82) is 0 Å². The van der Waals surface area contributed by atoms with Crippen molar-refractivity contribution in [2.24, 2.45) is 4.99 Å². The maximum Gasteiger partial charge on any atom is 0.272 e. The number of aromatic nitrogens is 1. The van der Waals surface area contributed by atoms with Gasteiger partial charge in [0.25, 0.3) is 5.69 Å². The van der Waals surface area contributed by atoms with Crippen molar-refractivity contribution in [2.75, 3.05) is 0 Å². The van der Waals surface area contributed by atoms with Gasteiger partial charge in [0, 0.05) is 29.3 Å². The normalized spacial score (nSPS) is 16.4. The van der Waals surface area contributed by atoms with Gasteiger partial charge < -0.3 is 4.74 Å². The number of aliphatic imine (C=N–C) groups is 1. The minimum Gasteiger partial charge on any atom is -0.453 e. The Balaban J connectivity index is 1.69. The molecular formula is C15H9Cl2N3O3. The molecule has 1 aliphatic carbocycles. The maximum absolute atomic E-state index is 10.8. The van der Waals surface area contributed by atoms with Crippen LogP contribution in [0.2, 0.25) is 10.0 Å². The summed E-state index contributed by atoms with van der Waals surface area (Å²) in [7, 11) is 0. The highest BCUT2D eigenvalue weighted by Gasteiger charge is 2.47. The predicted octanol–water partition coefficient (Wildman–Crippen LogP) is 4.84. The van der Waals surface area contributed by atoms with Gasteiger partial charge in [-0.1, -0.05) is 23.2 Å². The van der Waals surface area contributed by atoms with Crippen LogP contribution in [0, 0.1) is 10.1 Å². The number of nitro benzene ring substituents is 1. The van der Waals surface area contributed by atoms with Crippen LogP contribution in [0.4, 0.5) is 11.5 Å². The van der Waals surface area contributed by atoms with Crippen LogP contribution in [0.1, 0.15) is 18.4 Å². The largest absolute Gasteiger partial charge is 0.453 e. The Morgan fingerprint density at radius 2 is 1.91 bits per heavy atom. The number of benzene rings is 1. The number of halogens is 2. The zero-order chi connectivity index (χ0) is 16.2. The molecule has 6 nitrogen and oxygen atoms in total. The highest BCUT2D eigenvalue weighted by atomic mass is 35.5. The fourth-order valence-corrected chi connectivity index (χ4v) is 3.17. The van der Waals surface area contributed by atoms with Gasteiger partial charge in [-0.3, -0.25) is 10.1 Å². The van der Waals surface area contributed by atoms with Gasteiger partial charge in [-0.25, -0.2) is 9.98 Å². The molecule has 0 bridgehead atoms. The van der Waals surface area contributed by atoms with E-state index in [0.717, 1.165) is 18.4 Å². The lowest BCUT2D eigenvalue weighted by molar-refractivity contribution is -0.384. The lowest BCUT2D eigenvalue weighted by Crippen LogP contribution is -2.03. The first-order valence-corrected chi connectivity index (χ1v) is 7.61. The number of fused-ring (bicyclic) bond motifs is 2. The number of hydrogen-bond acceptors (Lipinski definition) is 5. The average Bonchev–Trinajstić information content (AvgIpc) is 3.21. The Hall–Kier alpha value is -2.18. The first kappa shape index (κ1) is 14.4. The molecule has 8 heteroatoms. The summed E-state index contributed by atoms with van der Waals surface area (Å²) in [5, 5.41) is 10.9. The molecule has 1 aromatic heterocycles. The van der Waals surface area contributed by atoms with E-state index in [1.54, 1.807) is 0 Å². The second kappa shape index (κ2) is 4.91. The molecule has 116 valence electrons. The van der Waals surface area contributed by atoms with Crippen LogP contribution in [-0.2, 0) is 5.41 Å². The van der Waals surface area contributed by atoms with Crippen LogP contribution < -0.4 is 4.74 Å². The third-order valence-electron chi connectivity index (χ3n) is 4.01. The van der Waals surface area contributed by atoms with Gasteiger partial charge in [0.05, 0.1) is 21.2 Å². The fraction of sp³-hybridized carbons (Fsp3) is 0.200. The standard InChI is InChI=1S/C15H9Cl2N3O3/c16-11-3-8(20(21)22)4-12(17)13(11)23-9-5-10-14(18-6-9)19-7-15(10)1-2-15/h3-7H,1-2H2. The van der Waals surface area contributed by atoms with E-state index in [4.69, 9.17) is 27.9 Å². The van der Waals surface area contributed by atoms with Crippen LogP contribution in [0.3, 0.4) is 0 Å². The number of pyridine rings is 1. The van der Waals surface area contributed by atoms with E-state index in [-0.39, 0.29) is 26.9 Å². The molecule has 0 saturated heterocycles. The molecule has 0 unspecified atom stereocenters. The molecule has 0 radical (unpaired) electrons. The molecule has 1 saturated carbocycles. The molecule has 1 spiro atoms. The zero-order valence-corrected chi connectivity index (χ0v) is 13.1. The Kier molecular flexibility index (Phi) is 3.08. The fourth-order valence-electron chi connectivity index (χ4n) is 2.62. The summed E-state index contributed by atoms with van der Waals surface area (Å²) in [4.78, 5) is 18.8. The molecule has 2 heterocycles. The second-order valence-corrected chi connectivity index (χ2v) is 6.37. The number of ether oxygens (including phenoxy) is 1. The number of nitro groups is 1.